The number of nitrogens with one attached hydrogen (secondary N) is 1. The summed E-state index contributed by atoms with van der Waals surface area (Å²) < 4.78 is 17.5. The van der Waals surface area contributed by atoms with E-state index in [1.807, 2.05) is 6.92 Å². The number of methoxy groups -OCH3 is 1. The number of ether oxygens (including phenoxy) is 1. The van der Waals surface area contributed by atoms with Crippen molar-refractivity contribution in [1.29, 1.82) is 0 Å². The summed E-state index contributed by atoms with van der Waals surface area (Å²) in [5, 5.41) is 3.16. The monoisotopic (exact) mass is 289 g/mol. The molecule has 0 fully saturated rings. The summed E-state index contributed by atoms with van der Waals surface area (Å²) >= 11 is 0. The first-order valence-corrected chi connectivity index (χ1v) is 6.45. The number of carbonyl (C=O) groups is 1. The molecule has 0 radical (unpaired) electrons. The van der Waals surface area contributed by atoms with E-state index in [1.165, 1.54) is 19.2 Å². The lowest BCUT2D eigenvalue weighted by molar-refractivity contribution is 0.0586. The van der Waals surface area contributed by atoms with Gasteiger partial charge in [-0.3, -0.25) is 0 Å². The van der Waals surface area contributed by atoms with Crippen molar-refractivity contribution in [2.75, 3.05) is 12.4 Å². The Morgan fingerprint density at radius 2 is 1.95 bits per heavy atom. The van der Waals surface area contributed by atoms with E-state index >= 15 is 0 Å². The molecule has 2 rings (SSSR count). The average molecular weight is 289 g/mol. The van der Waals surface area contributed by atoms with Gasteiger partial charge < -0.3 is 10.1 Å². The van der Waals surface area contributed by atoms with Gasteiger partial charge in [0.15, 0.2) is 0 Å². The molecule has 6 heteroatoms. The normalized spacial score (nSPS) is 11.8. The van der Waals surface area contributed by atoms with Crippen LogP contribution >= 0.6 is 0 Å². The molecule has 0 bridgehead atoms. The quantitative estimate of drug-likeness (QED) is 0.877. The summed E-state index contributed by atoms with van der Waals surface area (Å²) in [6.07, 6.45) is 0. The van der Waals surface area contributed by atoms with Gasteiger partial charge in [-0.2, -0.15) is 0 Å². The molecule has 0 spiro atoms. The van der Waals surface area contributed by atoms with Crippen molar-refractivity contribution >= 4 is 11.8 Å². The SMILES string of the molecule is COC(=O)c1nc(C)cc(NC(C)c2ccc(F)cc2)n1. The number of aryl methyl sites for hydroxylation is 1. The lowest BCUT2D eigenvalue weighted by Gasteiger charge is -2.15. The second kappa shape index (κ2) is 6.30. The Balaban J connectivity index is 2.20. The van der Waals surface area contributed by atoms with Gasteiger partial charge in [-0.1, -0.05) is 12.1 Å². The molecule has 0 saturated carbocycles. The van der Waals surface area contributed by atoms with Crippen LogP contribution in [0.4, 0.5) is 10.2 Å². The van der Waals surface area contributed by atoms with Gasteiger partial charge in [0.2, 0.25) is 5.82 Å². The smallest absolute Gasteiger partial charge is 0.376 e. The second-order valence-corrected chi connectivity index (χ2v) is 4.63. The number of halogens is 1. The summed E-state index contributed by atoms with van der Waals surface area (Å²) in [4.78, 5) is 19.6. The third kappa shape index (κ3) is 3.75. The maximum Gasteiger partial charge on any atom is 0.376 e. The summed E-state index contributed by atoms with van der Waals surface area (Å²) in [6, 6.07) is 7.83. The van der Waals surface area contributed by atoms with Crippen molar-refractivity contribution in [1.82, 2.24) is 9.97 Å². The minimum absolute atomic E-state index is 0.00584. The molecule has 1 heterocycles. The van der Waals surface area contributed by atoms with E-state index in [2.05, 4.69) is 20.0 Å². The van der Waals surface area contributed by atoms with E-state index in [0.29, 0.717) is 11.5 Å². The number of hydrogen-bond acceptors (Lipinski definition) is 5. The first-order valence-electron chi connectivity index (χ1n) is 6.45. The summed E-state index contributed by atoms with van der Waals surface area (Å²) in [5.41, 5.74) is 1.56. The van der Waals surface area contributed by atoms with Gasteiger partial charge in [0.1, 0.15) is 11.6 Å². The fourth-order valence-electron chi connectivity index (χ4n) is 1.88. The maximum atomic E-state index is 12.9. The Kier molecular flexibility index (Phi) is 4.47. The van der Waals surface area contributed by atoms with Crippen molar-refractivity contribution in [3.8, 4) is 0 Å². The number of rotatable bonds is 4. The summed E-state index contributed by atoms with van der Waals surface area (Å²) in [5.74, 6) is -0.348. The molecule has 1 aromatic carbocycles. The molecule has 5 nitrogen and oxygen atoms in total. The maximum absolute atomic E-state index is 12.9. The summed E-state index contributed by atoms with van der Waals surface area (Å²) in [7, 11) is 1.28. The largest absolute Gasteiger partial charge is 0.463 e. The van der Waals surface area contributed by atoms with Crippen LogP contribution in [-0.2, 0) is 4.74 Å². The first-order chi connectivity index (χ1) is 9.99. The molecule has 0 aliphatic heterocycles. The molecule has 1 N–H and O–H groups in total. The molecule has 1 unspecified atom stereocenters. The van der Waals surface area contributed by atoms with E-state index in [4.69, 9.17) is 0 Å². The highest BCUT2D eigenvalue weighted by Gasteiger charge is 2.13. The highest BCUT2D eigenvalue weighted by atomic mass is 19.1. The van der Waals surface area contributed by atoms with Gasteiger partial charge in [0, 0.05) is 17.8 Å². The van der Waals surface area contributed by atoms with Crippen molar-refractivity contribution in [3.63, 3.8) is 0 Å². The van der Waals surface area contributed by atoms with E-state index in [-0.39, 0.29) is 17.7 Å². The van der Waals surface area contributed by atoms with E-state index in [0.717, 1.165) is 5.56 Å². The predicted molar refractivity (Wildman–Crippen MR) is 76.5 cm³/mol. The van der Waals surface area contributed by atoms with Crippen molar-refractivity contribution < 1.29 is 13.9 Å². The number of nitrogens with zero attached hydrogens (tertiary/aromatic N) is 2. The van der Waals surface area contributed by atoms with Crippen LogP contribution in [0.1, 0.15) is 34.8 Å². The van der Waals surface area contributed by atoms with Crippen molar-refractivity contribution in [3.05, 3.63) is 53.2 Å². The molecule has 0 saturated heterocycles. The topological polar surface area (TPSA) is 64.1 Å². The highest BCUT2D eigenvalue weighted by molar-refractivity contribution is 5.85. The van der Waals surface area contributed by atoms with Crippen molar-refractivity contribution in [2.45, 2.75) is 19.9 Å². The average Bonchev–Trinajstić information content (AvgIpc) is 2.46. The number of esters is 1. The molecule has 0 aliphatic rings. The predicted octanol–water partition coefficient (Wildman–Crippen LogP) is 2.88. The van der Waals surface area contributed by atoms with Gasteiger partial charge in [-0.25, -0.2) is 19.2 Å². The zero-order chi connectivity index (χ0) is 15.4. The van der Waals surface area contributed by atoms with Crippen LogP contribution in [0.3, 0.4) is 0 Å². The Bertz CT molecular complexity index is 644. The molecule has 0 amide bonds. The molecular weight excluding hydrogens is 273 g/mol. The Morgan fingerprint density at radius 1 is 1.29 bits per heavy atom. The standard InChI is InChI=1S/C15H16FN3O2/c1-9-8-13(19-14(17-9)15(20)21-3)18-10(2)11-4-6-12(16)7-5-11/h4-8,10H,1-3H3,(H,17,18,19). The molecule has 1 atom stereocenters. The van der Waals surface area contributed by atoms with Gasteiger partial charge in [0.05, 0.1) is 7.11 Å². The van der Waals surface area contributed by atoms with Crippen LogP contribution in [0.25, 0.3) is 0 Å². The van der Waals surface area contributed by atoms with Gasteiger partial charge >= 0.3 is 5.97 Å². The Morgan fingerprint density at radius 3 is 2.57 bits per heavy atom. The minimum atomic E-state index is -0.587. The molecule has 21 heavy (non-hydrogen) atoms. The van der Waals surface area contributed by atoms with Crippen LogP contribution < -0.4 is 5.32 Å². The van der Waals surface area contributed by atoms with Gasteiger partial charge in [-0.05, 0) is 31.5 Å². The van der Waals surface area contributed by atoms with Crippen LogP contribution in [0.5, 0.6) is 0 Å². The Hall–Kier alpha value is -2.50. The zero-order valence-electron chi connectivity index (χ0n) is 12.1. The lowest BCUT2D eigenvalue weighted by atomic mass is 10.1. The molecule has 0 aliphatic carbocycles. The summed E-state index contributed by atoms with van der Waals surface area (Å²) in [6.45, 7) is 3.68. The first kappa shape index (κ1) is 14.9. The van der Waals surface area contributed by atoms with Crippen molar-refractivity contribution in [2.24, 2.45) is 0 Å². The molecule has 1 aromatic heterocycles. The van der Waals surface area contributed by atoms with Gasteiger partial charge in [-0.15, -0.1) is 0 Å². The van der Waals surface area contributed by atoms with E-state index in [9.17, 15) is 9.18 Å². The number of hydrogen-bond donors (Lipinski definition) is 1. The number of carbonyl (C=O) groups excluding carboxylic acids is 1. The number of aromatic nitrogens is 2. The van der Waals surface area contributed by atoms with E-state index in [1.54, 1.807) is 25.1 Å². The fourth-order valence-corrected chi connectivity index (χ4v) is 1.88. The lowest BCUT2D eigenvalue weighted by Crippen LogP contribution is -2.13. The molecule has 2 aromatic rings. The van der Waals surface area contributed by atoms with Crippen LogP contribution in [-0.4, -0.2) is 23.0 Å². The van der Waals surface area contributed by atoms with Gasteiger partial charge in [0.25, 0.3) is 0 Å². The molecular formula is C15H16FN3O2. The highest BCUT2D eigenvalue weighted by Crippen LogP contribution is 2.18. The van der Waals surface area contributed by atoms with Crippen LogP contribution in [0.15, 0.2) is 30.3 Å². The second-order valence-electron chi connectivity index (χ2n) is 4.63. The fraction of sp³-hybridized carbons (Fsp3) is 0.267. The number of anilines is 1. The number of benzene rings is 1. The minimum Gasteiger partial charge on any atom is -0.463 e. The zero-order valence-corrected chi connectivity index (χ0v) is 12.1. The Labute approximate surface area is 122 Å². The third-order valence-electron chi connectivity index (χ3n) is 2.96. The third-order valence-corrected chi connectivity index (χ3v) is 2.96. The van der Waals surface area contributed by atoms with E-state index < -0.39 is 5.97 Å². The van der Waals surface area contributed by atoms with Crippen LogP contribution in [0, 0.1) is 12.7 Å². The van der Waals surface area contributed by atoms with Crippen LogP contribution in [0.2, 0.25) is 0 Å². The molecule has 110 valence electrons.